The quantitative estimate of drug-likeness (QED) is 0.413. The maximum Gasteiger partial charge on any atom is 0.321 e. The van der Waals surface area contributed by atoms with Gasteiger partial charge in [-0.3, -0.25) is 0 Å². The molecule has 0 atom stereocenters. The Balaban J connectivity index is 0.000000228. The van der Waals surface area contributed by atoms with Crippen LogP contribution in [0.4, 0.5) is 4.39 Å². The molecule has 3 rings (SSSR count). The Bertz CT molecular complexity index is 867. The zero-order chi connectivity index (χ0) is 19.3. The molecule has 0 amide bonds. The van der Waals surface area contributed by atoms with Crippen molar-refractivity contribution < 1.29 is 9.13 Å². The summed E-state index contributed by atoms with van der Waals surface area (Å²) in [6.07, 6.45) is 0. The Morgan fingerprint density at radius 2 is 1.62 bits per heavy atom. The number of ether oxygens (including phenoxy) is 1. The second-order valence-corrected chi connectivity index (χ2v) is 7.22. The van der Waals surface area contributed by atoms with Gasteiger partial charge >= 0.3 is 6.01 Å². The number of hydrogen-bond acceptors (Lipinski definition) is 5. The Kier molecular flexibility index (Phi) is 7.99. The fourth-order valence-corrected chi connectivity index (χ4v) is 3.42. The first-order valence-corrected chi connectivity index (χ1v) is 10.1. The molecule has 2 aromatic heterocycles. The summed E-state index contributed by atoms with van der Waals surface area (Å²) in [5.74, 6) is -0.182. The summed E-state index contributed by atoms with van der Waals surface area (Å²) in [5.41, 5.74) is 0. The summed E-state index contributed by atoms with van der Waals surface area (Å²) in [6, 6.07) is 4.22. The maximum absolute atomic E-state index is 13.1. The van der Waals surface area contributed by atoms with Crippen molar-refractivity contribution in [2.24, 2.45) is 0 Å². The van der Waals surface area contributed by atoms with Crippen LogP contribution >= 0.6 is 59.4 Å². The van der Waals surface area contributed by atoms with Crippen molar-refractivity contribution >= 4 is 59.4 Å². The molecule has 0 spiro atoms. The van der Waals surface area contributed by atoms with E-state index in [1.807, 2.05) is 13.8 Å². The fraction of sp³-hybridized carbons (Fsp3) is 0.286. The van der Waals surface area contributed by atoms with Crippen molar-refractivity contribution in [2.75, 3.05) is 0 Å². The molecule has 0 saturated carbocycles. The average molecular weight is 575 g/mol. The molecular weight excluding hydrogens is 562 g/mol. The van der Waals surface area contributed by atoms with Gasteiger partial charge in [0.2, 0.25) is 9.47 Å². The van der Waals surface area contributed by atoms with Gasteiger partial charge in [-0.05, 0) is 73.8 Å². The average Bonchev–Trinajstić information content (AvgIpc) is 3.07. The van der Waals surface area contributed by atoms with E-state index in [1.165, 1.54) is 18.2 Å². The number of aromatic nitrogens is 6. The van der Waals surface area contributed by atoms with Gasteiger partial charge in [-0.1, -0.05) is 11.6 Å². The predicted octanol–water partition coefficient (Wildman–Crippen LogP) is 5.47. The van der Waals surface area contributed by atoms with Crippen LogP contribution in [0.15, 0.2) is 32.4 Å². The topological polar surface area (TPSA) is 70.7 Å². The molecule has 0 saturated heterocycles. The molecule has 0 bridgehead atoms. The molecule has 0 aliphatic carbocycles. The van der Waals surface area contributed by atoms with Gasteiger partial charge in [0.25, 0.3) is 0 Å². The number of rotatable bonds is 4. The number of halogens is 5. The number of hydrogen-bond donors (Lipinski definition) is 0. The molecular formula is C14H13Br3ClFN6O. The Hall–Kier alpha value is -1.04. The summed E-state index contributed by atoms with van der Waals surface area (Å²) in [4.78, 5) is 7.98. The fourth-order valence-electron chi connectivity index (χ4n) is 1.77. The molecule has 7 nitrogen and oxygen atoms in total. The summed E-state index contributed by atoms with van der Waals surface area (Å²) in [6.45, 7) is 5.33. The highest BCUT2D eigenvalue weighted by Gasteiger charge is 2.10. The van der Waals surface area contributed by atoms with Crippen LogP contribution in [-0.2, 0) is 13.1 Å². The number of benzene rings is 1. The van der Waals surface area contributed by atoms with Gasteiger partial charge in [-0.15, -0.1) is 10.2 Å². The molecule has 0 fully saturated rings. The molecule has 0 unspecified atom stereocenters. The lowest BCUT2D eigenvalue weighted by Gasteiger charge is -2.05. The van der Waals surface area contributed by atoms with Crippen LogP contribution in [0.2, 0.25) is 5.02 Å². The highest BCUT2D eigenvalue weighted by molar-refractivity contribution is 9.11. The summed E-state index contributed by atoms with van der Waals surface area (Å²) in [5, 5.41) is 8.31. The first-order valence-electron chi connectivity index (χ1n) is 7.32. The highest BCUT2D eigenvalue weighted by atomic mass is 79.9. The zero-order valence-electron chi connectivity index (χ0n) is 13.6. The van der Waals surface area contributed by atoms with Crippen LogP contribution < -0.4 is 4.74 Å². The maximum atomic E-state index is 13.1. The second kappa shape index (κ2) is 9.77. The highest BCUT2D eigenvalue weighted by Crippen LogP contribution is 2.25. The van der Waals surface area contributed by atoms with E-state index < -0.39 is 5.82 Å². The van der Waals surface area contributed by atoms with E-state index in [4.69, 9.17) is 16.3 Å². The molecule has 2 heterocycles. The monoisotopic (exact) mass is 572 g/mol. The zero-order valence-corrected chi connectivity index (χ0v) is 19.1. The third-order valence-electron chi connectivity index (χ3n) is 2.86. The molecule has 0 aliphatic heterocycles. The van der Waals surface area contributed by atoms with Crippen molar-refractivity contribution in [1.82, 2.24) is 29.5 Å². The first kappa shape index (κ1) is 21.3. The smallest absolute Gasteiger partial charge is 0.321 e. The van der Waals surface area contributed by atoms with Crippen molar-refractivity contribution in [2.45, 2.75) is 26.9 Å². The van der Waals surface area contributed by atoms with E-state index in [2.05, 4.69) is 68.0 Å². The normalized spacial score (nSPS) is 10.4. The lowest BCUT2D eigenvalue weighted by atomic mass is 10.3. The van der Waals surface area contributed by atoms with E-state index in [0.29, 0.717) is 16.0 Å². The Morgan fingerprint density at radius 3 is 2.12 bits per heavy atom. The van der Waals surface area contributed by atoms with Crippen LogP contribution in [0, 0.1) is 5.82 Å². The standard InChI is InChI=1S/C10H8BrClFN3O.C4H5Br2N3/c1-2-16-10(14-9(11)15-16)17-8-4-6(12)3-7(13)5-8;1-2-9-4(6)7-3(5)8-9/h3-5H,2H2,1H3;2H2,1H3. The van der Waals surface area contributed by atoms with Gasteiger partial charge in [0.05, 0.1) is 0 Å². The molecule has 0 radical (unpaired) electrons. The minimum absolute atomic E-state index is 0.265. The van der Waals surface area contributed by atoms with Crippen LogP contribution in [0.1, 0.15) is 13.8 Å². The van der Waals surface area contributed by atoms with E-state index in [-0.39, 0.29) is 16.8 Å². The predicted molar refractivity (Wildman–Crippen MR) is 106 cm³/mol. The van der Waals surface area contributed by atoms with Gasteiger partial charge in [-0.25, -0.2) is 13.8 Å². The molecule has 1 aromatic carbocycles. The van der Waals surface area contributed by atoms with Crippen LogP contribution in [-0.4, -0.2) is 29.5 Å². The van der Waals surface area contributed by atoms with Crippen molar-refractivity contribution in [3.05, 3.63) is 43.2 Å². The van der Waals surface area contributed by atoms with Gasteiger partial charge in [0.1, 0.15) is 11.6 Å². The largest absolute Gasteiger partial charge is 0.424 e. The molecule has 0 aliphatic rings. The van der Waals surface area contributed by atoms with Gasteiger partial charge in [0.15, 0.2) is 4.73 Å². The van der Waals surface area contributed by atoms with Gasteiger partial charge in [-0.2, -0.15) is 9.97 Å². The summed E-state index contributed by atoms with van der Waals surface area (Å²) in [7, 11) is 0. The van der Waals surface area contributed by atoms with Crippen molar-refractivity contribution in [3.63, 3.8) is 0 Å². The molecule has 0 N–H and O–H groups in total. The van der Waals surface area contributed by atoms with Crippen LogP contribution in [0.25, 0.3) is 0 Å². The number of aryl methyl sites for hydroxylation is 2. The molecule has 12 heteroatoms. The lowest BCUT2D eigenvalue weighted by molar-refractivity contribution is 0.399. The SMILES string of the molecule is CCn1nc(Br)nc1Br.CCn1nc(Br)nc1Oc1cc(F)cc(Cl)c1. The minimum atomic E-state index is -0.464. The summed E-state index contributed by atoms with van der Waals surface area (Å²) < 4.78 is 23.6. The molecule has 3 aromatic rings. The lowest BCUT2D eigenvalue weighted by Crippen LogP contribution is -2.00. The third-order valence-corrected chi connectivity index (χ3v) is 4.33. The van der Waals surface area contributed by atoms with E-state index in [0.717, 1.165) is 11.3 Å². The van der Waals surface area contributed by atoms with Crippen molar-refractivity contribution in [1.29, 1.82) is 0 Å². The van der Waals surface area contributed by atoms with E-state index >= 15 is 0 Å². The molecule has 26 heavy (non-hydrogen) atoms. The van der Waals surface area contributed by atoms with E-state index in [1.54, 1.807) is 9.36 Å². The third kappa shape index (κ3) is 6.00. The van der Waals surface area contributed by atoms with Crippen LogP contribution in [0.5, 0.6) is 11.8 Å². The van der Waals surface area contributed by atoms with E-state index in [9.17, 15) is 4.39 Å². The van der Waals surface area contributed by atoms with Crippen LogP contribution in [0.3, 0.4) is 0 Å². The number of nitrogens with zero attached hydrogens (tertiary/aromatic N) is 6. The van der Waals surface area contributed by atoms with Crippen molar-refractivity contribution in [3.8, 4) is 11.8 Å². The minimum Gasteiger partial charge on any atom is -0.424 e. The Morgan fingerprint density at radius 1 is 1.00 bits per heavy atom. The van der Waals surface area contributed by atoms with Gasteiger partial charge < -0.3 is 4.74 Å². The van der Waals surface area contributed by atoms with Gasteiger partial charge in [0, 0.05) is 24.2 Å². The molecule has 140 valence electrons. The Labute approximate surface area is 179 Å². The second-order valence-electron chi connectivity index (χ2n) is 4.65. The first-order chi connectivity index (χ1) is 12.3. The summed E-state index contributed by atoms with van der Waals surface area (Å²) >= 11 is 15.3.